The summed E-state index contributed by atoms with van der Waals surface area (Å²) >= 11 is 0. The van der Waals surface area contributed by atoms with Crippen molar-refractivity contribution < 1.29 is 9.18 Å². The lowest BCUT2D eigenvalue weighted by atomic mass is 9.91. The molecule has 6 heteroatoms. The van der Waals surface area contributed by atoms with Crippen LogP contribution in [0.15, 0.2) is 53.6 Å². The molecule has 0 saturated heterocycles. The molecule has 0 fully saturated rings. The quantitative estimate of drug-likeness (QED) is 0.290. The smallest absolute Gasteiger partial charge is 0.262 e. The zero-order valence-electron chi connectivity index (χ0n) is 13.9. The van der Waals surface area contributed by atoms with Gasteiger partial charge in [-0.15, -0.1) is 0 Å². The summed E-state index contributed by atoms with van der Waals surface area (Å²) in [5, 5.41) is 6.46. The Kier molecular flexibility index (Phi) is 4.07. The van der Waals surface area contributed by atoms with Gasteiger partial charge in [0.05, 0.1) is 5.54 Å². The number of fused-ring (bicyclic) bond motifs is 1. The minimum atomic E-state index is -2.26. The van der Waals surface area contributed by atoms with Gasteiger partial charge in [-0.25, -0.2) is 4.39 Å². The summed E-state index contributed by atoms with van der Waals surface area (Å²) in [5.41, 5.74) is 11.0. The van der Waals surface area contributed by atoms with Crippen molar-refractivity contribution in [3.63, 3.8) is 0 Å². The molecular formula is C19H17FN4O. The highest BCUT2D eigenvalue weighted by Crippen LogP contribution is 2.35. The highest BCUT2D eigenvalue weighted by molar-refractivity contribution is 5.88. The van der Waals surface area contributed by atoms with Crippen LogP contribution in [-0.2, 0) is 16.1 Å². The molecule has 1 N–H and O–H groups in total. The Bertz CT molecular complexity index is 898. The maximum absolute atomic E-state index is 15.0. The molecule has 1 aliphatic rings. The lowest BCUT2D eigenvalue weighted by Crippen LogP contribution is -2.41. The first kappa shape index (κ1) is 16.7. The van der Waals surface area contributed by atoms with Crippen molar-refractivity contribution in [2.45, 2.75) is 25.2 Å². The number of carbonyl (C=O) groups is 1. The van der Waals surface area contributed by atoms with E-state index in [1.807, 2.05) is 44.2 Å². The molecular weight excluding hydrogens is 319 g/mol. The minimum absolute atomic E-state index is 0.276. The van der Waals surface area contributed by atoms with Gasteiger partial charge in [0.25, 0.3) is 5.79 Å². The van der Waals surface area contributed by atoms with Gasteiger partial charge in [0.15, 0.2) is 6.29 Å². The van der Waals surface area contributed by atoms with Crippen LogP contribution in [0.4, 0.5) is 4.39 Å². The summed E-state index contributed by atoms with van der Waals surface area (Å²) in [6.07, 6.45) is 2.09. The van der Waals surface area contributed by atoms with E-state index in [1.165, 1.54) is 0 Å². The lowest BCUT2D eigenvalue weighted by Gasteiger charge is -2.30. The van der Waals surface area contributed by atoms with Crippen LogP contribution in [0.3, 0.4) is 0 Å². The van der Waals surface area contributed by atoms with Crippen molar-refractivity contribution >= 4 is 18.1 Å². The second-order valence-electron chi connectivity index (χ2n) is 6.43. The zero-order valence-corrected chi connectivity index (χ0v) is 13.9. The Labute approximate surface area is 144 Å². The van der Waals surface area contributed by atoms with Crippen LogP contribution < -0.4 is 5.32 Å². The molecule has 0 aliphatic carbocycles. The number of benzene rings is 2. The molecule has 1 aliphatic heterocycles. The minimum Gasteiger partial charge on any atom is -0.343 e. The fourth-order valence-electron chi connectivity index (χ4n) is 2.88. The van der Waals surface area contributed by atoms with Gasteiger partial charge >= 0.3 is 0 Å². The van der Waals surface area contributed by atoms with E-state index in [0.29, 0.717) is 16.8 Å². The van der Waals surface area contributed by atoms with E-state index < -0.39 is 11.3 Å². The van der Waals surface area contributed by atoms with Crippen LogP contribution in [0, 0.1) is 0 Å². The molecule has 0 saturated carbocycles. The Hall–Kier alpha value is -3.11. The number of nitrogens with zero attached hydrogens (tertiary/aromatic N) is 3. The van der Waals surface area contributed by atoms with Crippen LogP contribution in [0.1, 0.15) is 36.1 Å². The first-order chi connectivity index (χ1) is 11.9. The molecule has 1 atom stereocenters. The average molecular weight is 336 g/mol. The summed E-state index contributed by atoms with van der Waals surface area (Å²) in [6.45, 7) is 3.63. The summed E-state index contributed by atoms with van der Waals surface area (Å²) < 4.78 is 15.0. The monoisotopic (exact) mass is 336 g/mol. The SMILES string of the molecule is CC(C)(N=[N+]=[N-])c1ccc(C2=Cc3ccccc3C(F)(C=O)N2)cc1. The highest BCUT2D eigenvalue weighted by Gasteiger charge is 2.37. The Morgan fingerprint density at radius 1 is 1.20 bits per heavy atom. The van der Waals surface area contributed by atoms with E-state index in [1.54, 1.807) is 24.3 Å². The van der Waals surface area contributed by atoms with Gasteiger partial charge in [-0.3, -0.25) is 4.79 Å². The number of azide groups is 1. The molecule has 25 heavy (non-hydrogen) atoms. The topological polar surface area (TPSA) is 77.9 Å². The number of carbonyl (C=O) groups excluding carboxylic acids is 1. The van der Waals surface area contributed by atoms with E-state index in [-0.39, 0.29) is 6.29 Å². The second-order valence-corrected chi connectivity index (χ2v) is 6.43. The molecule has 2 aromatic rings. The summed E-state index contributed by atoms with van der Waals surface area (Å²) in [4.78, 5) is 14.2. The number of hydrogen-bond acceptors (Lipinski definition) is 3. The number of nitrogens with one attached hydrogen (secondary N) is 1. The molecule has 1 heterocycles. The van der Waals surface area contributed by atoms with E-state index in [2.05, 4.69) is 15.3 Å². The van der Waals surface area contributed by atoms with Gasteiger partial charge in [-0.1, -0.05) is 67.5 Å². The third-order valence-corrected chi connectivity index (χ3v) is 4.33. The Morgan fingerprint density at radius 2 is 1.88 bits per heavy atom. The summed E-state index contributed by atoms with van der Waals surface area (Å²) in [6, 6.07) is 14.1. The lowest BCUT2D eigenvalue weighted by molar-refractivity contribution is -0.119. The normalized spacial score (nSPS) is 19.1. The van der Waals surface area contributed by atoms with Crippen molar-refractivity contribution in [3.05, 3.63) is 81.2 Å². The van der Waals surface area contributed by atoms with Crippen LogP contribution in [-0.4, -0.2) is 6.29 Å². The molecule has 0 amide bonds. The third-order valence-electron chi connectivity index (χ3n) is 4.33. The predicted molar refractivity (Wildman–Crippen MR) is 94.9 cm³/mol. The second kappa shape index (κ2) is 6.07. The highest BCUT2D eigenvalue weighted by atomic mass is 19.1. The molecule has 1 unspecified atom stereocenters. The molecule has 3 rings (SSSR count). The maximum atomic E-state index is 15.0. The van der Waals surface area contributed by atoms with Crippen molar-refractivity contribution in [3.8, 4) is 0 Å². The van der Waals surface area contributed by atoms with E-state index in [0.717, 1.165) is 11.1 Å². The molecule has 5 nitrogen and oxygen atoms in total. The van der Waals surface area contributed by atoms with E-state index in [4.69, 9.17) is 5.53 Å². The van der Waals surface area contributed by atoms with Gasteiger partial charge in [-0.2, -0.15) is 0 Å². The summed E-state index contributed by atoms with van der Waals surface area (Å²) in [5.74, 6) is -2.26. The molecule has 0 spiro atoms. The van der Waals surface area contributed by atoms with Crippen LogP contribution in [0.25, 0.3) is 22.2 Å². The van der Waals surface area contributed by atoms with Gasteiger partial charge in [-0.05, 0) is 28.3 Å². The molecule has 126 valence electrons. The van der Waals surface area contributed by atoms with Gasteiger partial charge in [0, 0.05) is 16.2 Å². The van der Waals surface area contributed by atoms with Crippen molar-refractivity contribution in [2.24, 2.45) is 5.11 Å². The maximum Gasteiger partial charge on any atom is 0.262 e. The Balaban J connectivity index is 2.02. The number of hydrogen-bond donors (Lipinski definition) is 1. The van der Waals surface area contributed by atoms with Crippen LogP contribution >= 0.6 is 0 Å². The number of rotatable bonds is 4. The van der Waals surface area contributed by atoms with Gasteiger partial charge in [0.2, 0.25) is 0 Å². The van der Waals surface area contributed by atoms with Crippen molar-refractivity contribution in [1.82, 2.24) is 5.32 Å². The Morgan fingerprint density at radius 3 is 2.52 bits per heavy atom. The van der Waals surface area contributed by atoms with Crippen LogP contribution in [0.2, 0.25) is 0 Å². The predicted octanol–water partition coefficient (Wildman–Crippen LogP) is 4.65. The largest absolute Gasteiger partial charge is 0.343 e. The fourth-order valence-corrected chi connectivity index (χ4v) is 2.88. The van der Waals surface area contributed by atoms with Crippen molar-refractivity contribution in [1.29, 1.82) is 0 Å². The number of halogens is 1. The molecule has 0 radical (unpaired) electrons. The molecule has 0 aromatic heterocycles. The molecule has 2 aromatic carbocycles. The van der Waals surface area contributed by atoms with Gasteiger partial charge in [0.1, 0.15) is 0 Å². The third kappa shape index (κ3) is 2.99. The van der Waals surface area contributed by atoms with E-state index in [9.17, 15) is 4.79 Å². The number of aldehydes is 1. The standard InChI is InChI=1S/C19H17FN4O/c1-18(2,23-24-21)15-9-7-13(8-10-15)17-11-14-5-3-4-6-16(14)19(20,12-25)22-17/h3-12,22H,1-2H3. The fraction of sp³-hybridized carbons (Fsp3) is 0.211. The van der Waals surface area contributed by atoms with Crippen molar-refractivity contribution in [2.75, 3.05) is 0 Å². The first-order valence-corrected chi connectivity index (χ1v) is 7.81. The zero-order chi connectivity index (χ0) is 18.1. The average Bonchev–Trinajstić information content (AvgIpc) is 2.62. The van der Waals surface area contributed by atoms with E-state index >= 15 is 4.39 Å². The number of alkyl halides is 1. The van der Waals surface area contributed by atoms with Crippen LogP contribution in [0.5, 0.6) is 0 Å². The van der Waals surface area contributed by atoms with Gasteiger partial charge < -0.3 is 5.32 Å². The molecule has 0 bridgehead atoms. The summed E-state index contributed by atoms with van der Waals surface area (Å²) in [7, 11) is 0. The first-order valence-electron chi connectivity index (χ1n) is 7.81.